The van der Waals surface area contributed by atoms with Crippen LogP contribution in [0.4, 0.5) is 0 Å². The van der Waals surface area contributed by atoms with E-state index in [2.05, 4.69) is 11.4 Å². The van der Waals surface area contributed by atoms with Crippen molar-refractivity contribution in [1.82, 2.24) is 10.2 Å². The van der Waals surface area contributed by atoms with Gasteiger partial charge in [0.15, 0.2) is 0 Å². The molecule has 0 heterocycles. The van der Waals surface area contributed by atoms with Crippen molar-refractivity contribution in [2.24, 2.45) is 0 Å². The largest absolute Gasteiger partial charge is 0.352 e. The Labute approximate surface area is 191 Å². The maximum absolute atomic E-state index is 13.5. The highest BCUT2D eigenvalue weighted by Crippen LogP contribution is 2.22. The van der Waals surface area contributed by atoms with Crippen LogP contribution in [-0.4, -0.2) is 28.8 Å². The minimum absolute atomic E-state index is 0.0571. The van der Waals surface area contributed by atoms with Gasteiger partial charge in [-0.1, -0.05) is 78.9 Å². The molecule has 2 amide bonds. The van der Waals surface area contributed by atoms with Gasteiger partial charge in [0.2, 0.25) is 11.8 Å². The van der Waals surface area contributed by atoms with Gasteiger partial charge in [0.25, 0.3) is 0 Å². The van der Waals surface area contributed by atoms with E-state index in [0.717, 1.165) is 47.9 Å². The van der Waals surface area contributed by atoms with E-state index >= 15 is 0 Å². The second-order valence-electron chi connectivity index (χ2n) is 8.70. The van der Waals surface area contributed by atoms with E-state index in [0.29, 0.717) is 18.0 Å². The molecular formula is C26H33ClN2O2. The van der Waals surface area contributed by atoms with Crippen molar-refractivity contribution in [3.8, 4) is 0 Å². The van der Waals surface area contributed by atoms with Crippen LogP contribution in [0.15, 0.2) is 42.5 Å². The first-order valence-corrected chi connectivity index (χ1v) is 11.7. The fourth-order valence-corrected chi connectivity index (χ4v) is 4.74. The van der Waals surface area contributed by atoms with Crippen molar-refractivity contribution in [2.75, 3.05) is 0 Å². The normalized spacial score (nSPS) is 15.0. The Morgan fingerprint density at radius 3 is 2.35 bits per heavy atom. The van der Waals surface area contributed by atoms with Gasteiger partial charge in [0.1, 0.15) is 6.04 Å². The average Bonchev–Trinajstić information content (AvgIpc) is 3.21. The Morgan fingerprint density at radius 1 is 1.10 bits per heavy atom. The van der Waals surface area contributed by atoms with Crippen molar-refractivity contribution < 1.29 is 9.59 Å². The number of nitrogens with one attached hydrogen (secondary N) is 1. The molecule has 1 N–H and O–H groups in total. The van der Waals surface area contributed by atoms with Crippen molar-refractivity contribution >= 4 is 23.4 Å². The third-order valence-electron chi connectivity index (χ3n) is 6.02. The summed E-state index contributed by atoms with van der Waals surface area (Å²) in [6.45, 7) is 6.35. The number of hydrogen-bond donors (Lipinski definition) is 1. The van der Waals surface area contributed by atoms with E-state index in [-0.39, 0.29) is 24.3 Å². The molecule has 2 aromatic carbocycles. The highest BCUT2D eigenvalue weighted by Gasteiger charge is 2.31. The molecule has 4 nitrogen and oxygen atoms in total. The summed E-state index contributed by atoms with van der Waals surface area (Å²) in [5.74, 6) is -0.117. The molecule has 0 aliphatic heterocycles. The van der Waals surface area contributed by atoms with Crippen LogP contribution in [0.5, 0.6) is 0 Å². The van der Waals surface area contributed by atoms with E-state index in [1.54, 1.807) is 4.90 Å². The molecule has 0 spiro atoms. The van der Waals surface area contributed by atoms with Crippen LogP contribution in [0.2, 0.25) is 5.02 Å². The molecule has 31 heavy (non-hydrogen) atoms. The number of halogens is 1. The van der Waals surface area contributed by atoms with E-state index in [1.165, 1.54) is 0 Å². The van der Waals surface area contributed by atoms with Gasteiger partial charge in [-0.3, -0.25) is 9.59 Å². The van der Waals surface area contributed by atoms with Crippen molar-refractivity contribution in [1.29, 1.82) is 0 Å². The molecule has 0 bridgehead atoms. The van der Waals surface area contributed by atoms with Crippen LogP contribution >= 0.6 is 11.6 Å². The number of aryl methyl sites for hydroxylation is 2. The summed E-state index contributed by atoms with van der Waals surface area (Å²) in [5.41, 5.74) is 4.08. The molecule has 1 atom stereocenters. The van der Waals surface area contributed by atoms with Gasteiger partial charge in [-0.2, -0.15) is 0 Å². The van der Waals surface area contributed by atoms with E-state index in [1.807, 2.05) is 57.2 Å². The first kappa shape index (κ1) is 23.3. The first-order valence-electron chi connectivity index (χ1n) is 11.3. The van der Waals surface area contributed by atoms with Gasteiger partial charge >= 0.3 is 0 Å². The molecule has 1 saturated carbocycles. The third-order valence-corrected chi connectivity index (χ3v) is 6.39. The maximum atomic E-state index is 13.5. The van der Waals surface area contributed by atoms with Gasteiger partial charge in [-0.05, 0) is 50.3 Å². The molecule has 0 unspecified atom stereocenters. The monoisotopic (exact) mass is 440 g/mol. The number of carbonyl (C=O) groups is 2. The smallest absolute Gasteiger partial charge is 0.243 e. The van der Waals surface area contributed by atoms with Crippen LogP contribution in [0, 0.1) is 13.8 Å². The summed E-state index contributed by atoms with van der Waals surface area (Å²) in [6, 6.07) is 13.4. The minimum atomic E-state index is -0.518. The predicted octanol–water partition coefficient (Wildman–Crippen LogP) is 5.37. The Bertz CT molecular complexity index is 901. The van der Waals surface area contributed by atoms with Gasteiger partial charge in [0.05, 0.1) is 6.42 Å². The van der Waals surface area contributed by atoms with Crippen LogP contribution in [-0.2, 0) is 22.6 Å². The van der Waals surface area contributed by atoms with Crippen molar-refractivity contribution in [2.45, 2.75) is 77.9 Å². The second kappa shape index (κ2) is 10.8. The molecule has 3 rings (SSSR count). The zero-order valence-corrected chi connectivity index (χ0v) is 19.5. The fraction of sp³-hybridized carbons (Fsp3) is 0.462. The third kappa shape index (κ3) is 6.33. The van der Waals surface area contributed by atoms with Gasteiger partial charge in [0, 0.05) is 17.6 Å². The van der Waals surface area contributed by atoms with Gasteiger partial charge in [-0.15, -0.1) is 0 Å². The number of carbonyl (C=O) groups excluding carboxylic acids is 2. The zero-order chi connectivity index (χ0) is 22.4. The average molecular weight is 441 g/mol. The summed E-state index contributed by atoms with van der Waals surface area (Å²) in [4.78, 5) is 28.4. The predicted molar refractivity (Wildman–Crippen MR) is 126 cm³/mol. The van der Waals surface area contributed by atoms with Gasteiger partial charge in [-0.25, -0.2) is 0 Å². The maximum Gasteiger partial charge on any atom is 0.243 e. The lowest BCUT2D eigenvalue weighted by atomic mass is 10.0. The standard InChI is InChI=1S/C26H33ClN2O2/c1-4-24(26(31)28-22-10-6-7-11-22)29(17-21-9-5-8-12-23(21)27)25(30)16-20-14-18(2)13-19(3)15-20/h5,8-9,12-15,22,24H,4,6-7,10-11,16-17H2,1-3H3,(H,28,31)/t24-/m0/s1. The van der Waals surface area contributed by atoms with Crippen LogP contribution in [0.25, 0.3) is 0 Å². The SMILES string of the molecule is CC[C@@H](C(=O)NC1CCCC1)N(Cc1ccccc1Cl)C(=O)Cc1cc(C)cc(C)c1. The second-order valence-corrected chi connectivity index (χ2v) is 9.11. The fourth-order valence-electron chi connectivity index (χ4n) is 4.54. The Kier molecular flexibility index (Phi) is 8.14. The topological polar surface area (TPSA) is 49.4 Å². The van der Waals surface area contributed by atoms with E-state index in [4.69, 9.17) is 11.6 Å². The van der Waals surface area contributed by atoms with Crippen LogP contribution in [0.3, 0.4) is 0 Å². The Hall–Kier alpha value is -2.33. The van der Waals surface area contributed by atoms with E-state index in [9.17, 15) is 9.59 Å². The number of amides is 2. The summed E-state index contributed by atoms with van der Waals surface area (Å²) < 4.78 is 0. The molecule has 0 aromatic heterocycles. The highest BCUT2D eigenvalue weighted by atomic mass is 35.5. The molecule has 5 heteroatoms. The Morgan fingerprint density at radius 2 is 1.74 bits per heavy atom. The van der Waals surface area contributed by atoms with E-state index < -0.39 is 6.04 Å². The number of nitrogens with zero attached hydrogens (tertiary/aromatic N) is 1. The molecule has 0 saturated heterocycles. The summed E-state index contributed by atoms with van der Waals surface area (Å²) in [7, 11) is 0. The number of rotatable bonds is 8. The van der Waals surface area contributed by atoms with Crippen LogP contribution in [0.1, 0.15) is 61.3 Å². The van der Waals surface area contributed by atoms with Gasteiger partial charge < -0.3 is 10.2 Å². The molecular weight excluding hydrogens is 408 g/mol. The van der Waals surface area contributed by atoms with Crippen LogP contribution < -0.4 is 5.32 Å². The summed E-state index contributed by atoms with van der Waals surface area (Å²) in [5, 5.41) is 3.79. The molecule has 1 aliphatic carbocycles. The molecule has 166 valence electrons. The first-order chi connectivity index (χ1) is 14.9. The number of benzene rings is 2. The highest BCUT2D eigenvalue weighted by molar-refractivity contribution is 6.31. The summed E-state index contributed by atoms with van der Waals surface area (Å²) in [6.07, 6.45) is 5.15. The molecule has 1 aliphatic rings. The quantitative estimate of drug-likeness (QED) is 0.600. The summed E-state index contributed by atoms with van der Waals surface area (Å²) >= 11 is 6.40. The lowest BCUT2D eigenvalue weighted by Crippen LogP contribution is -2.51. The molecule has 2 aromatic rings. The lowest BCUT2D eigenvalue weighted by Gasteiger charge is -2.32. The van der Waals surface area contributed by atoms with Crippen molar-refractivity contribution in [3.63, 3.8) is 0 Å². The zero-order valence-electron chi connectivity index (χ0n) is 18.8. The molecule has 0 radical (unpaired) electrons. The Balaban J connectivity index is 1.85. The van der Waals surface area contributed by atoms with Crippen molar-refractivity contribution in [3.05, 3.63) is 69.7 Å². The minimum Gasteiger partial charge on any atom is -0.352 e. The molecule has 1 fully saturated rings. The number of hydrogen-bond acceptors (Lipinski definition) is 2. The lowest BCUT2D eigenvalue weighted by molar-refractivity contribution is -0.141.